The summed E-state index contributed by atoms with van der Waals surface area (Å²) in [6.07, 6.45) is 1.56. The standard InChI is InChI=1S/C16H18N2O3/c1-12-3-4-13(11-18-12)16(19)17-9-10-21-15-7-5-14(20-2)6-8-15/h3-8,11H,9-10H2,1-2H3,(H,17,19). The molecule has 110 valence electrons. The number of aryl methyl sites for hydroxylation is 1. The zero-order chi connectivity index (χ0) is 15.1. The van der Waals surface area contributed by atoms with Gasteiger partial charge >= 0.3 is 0 Å². The van der Waals surface area contributed by atoms with Gasteiger partial charge in [-0.25, -0.2) is 0 Å². The van der Waals surface area contributed by atoms with Gasteiger partial charge in [-0.15, -0.1) is 0 Å². The topological polar surface area (TPSA) is 60.5 Å². The van der Waals surface area contributed by atoms with E-state index in [4.69, 9.17) is 9.47 Å². The molecule has 0 aliphatic rings. The minimum absolute atomic E-state index is 0.152. The van der Waals surface area contributed by atoms with Crippen LogP contribution in [0, 0.1) is 6.92 Å². The van der Waals surface area contributed by atoms with Crippen molar-refractivity contribution in [2.24, 2.45) is 0 Å². The molecule has 1 N–H and O–H groups in total. The lowest BCUT2D eigenvalue weighted by molar-refractivity contribution is 0.0946. The number of amides is 1. The van der Waals surface area contributed by atoms with Crippen molar-refractivity contribution in [3.05, 3.63) is 53.9 Å². The number of hydrogen-bond donors (Lipinski definition) is 1. The predicted octanol–water partition coefficient (Wildman–Crippen LogP) is 2.21. The highest BCUT2D eigenvalue weighted by Crippen LogP contribution is 2.16. The maximum absolute atomic E-state index is 11.8. The first-order valence-electron chi connectivity index (χ1n) is 6.67. The van der Waals surface area contributed by atoms with Crippen molar-refractivity contribution in [1.82, 2.24) is 10.3 Å². The Hall–Kier alpha value is -2.56. The number of ether oxygens (including phenoxy) is 2. The lowest BCUT2D eigenvalue weighted by atomic mass is 10.2. The van der Waals surface area contributed by atoms with Gasteiger partial charge in [-0.05, 0) is 43.3 Å². The highest BCUT2D eigenvalue weighted by Gasteiger charge is 2.04. The van der Waals surface area contributed by atoms with Gasteiger partial charge in [0.1, 0.15) is 18.1 Å². The average Bonchev–Trinajstić information content (AvgIpc) is 2.52. The van der Waals surface area contributed by atoms with E-state index in [1.807, 2.05) is 37.3 Å². The normalized spacial score (nSPS) is 10.0. The van der Waals surface area contributed by atoms with E-state index in [1.165, 1.54) is 0 Å². The molecule has 0 saturated heterocycles. The first kappa shape index (κ1) is 14.8. The van der Waals surface area contributed by atoms with E-state index in [1.54, 1.807) is 19.4 Å². The van der Waals surface area contributed by atoms with Crippen LogP contribution in [0.4, 0.5) is 0 Å². The molecular weight excluding hydrogens is 268 g/mol. The Morgan fingerprint density at radius 3 is 2.48 bits per heavy atom. The van der Waals surface area contributed by atoms with Gasteiger partial charge in [-0.1, -0.05) is 0 Å². The van der Waals surface area contributed by atoms with Crippen molar-refractivity contribution in [3.8, 4) is 11.5 Å². The number of benzene rings is 1. The molecule has 0 radical (unpaired) electrons. The SMILES string of the molecule is COc1ccc(OCCNC(=O)c2ccc(C)nc2)cc1. The number of hydrogen-bond acceptors (Lipinski definition) is 4. The molecular formula is C16H18N2O3. The van der Waals surface area contributed by atoms with E-state index in [9.17, 15) is 4.79 Å². The zero-order valence-corrected chi connectivity index (χ0v) is 12.1. The number of nitrogens with one attached hydrogen (secondary N) is 1. The zero-order valence-electron chi connectivity index (χ0n) is 12.1. The minimum atomic E-state index is -0.152. The van der Waals surface area contributed by atoms with Gasteiger partial charge in [0.05, 0.1) is 19.2 Å². The van der Waals surface area contributed by atoms with E-state index in [-0.39, 0.29) is 5.91 Å². The largest absolute Gasteiger partial charge is 0.497 e. The predicted molar refractivity (Wildman–Crippen MR) is 79.8 cm³/mol. The summed E-state index contributed by atoms with van der Waals surface area (Å²) in [4.78, 5) is 15.9. The van der Waals surface area contributed by atoms with E-state index in [0.29, 0.717) is 18.7 Å². The van der Waals surface area contributed by atoms with Gasteiger partial charge in [0.15, 0.2) is 0 Å². The Morgan fingerprint density at radius 1 is 1.14 bits per heavy atom. The molecule has 5 nitrogen and oxygen atoms in total. The number of nitrogens with zero attached hydrogens (tertiary/aromatic N) is 1. The van der Waals surface area contributed by atoms with Crippen LogP contribution >= 0.6 is 0 Å². The lowest BCUT2D eigenvalue weighted by Gasteiger charge is -2.08. The fourth-order valence-electron chi connectivity index (χ4n) is 1.71. The third-order valence-electron chi connectivity index (χ3n) is 2.89. The number of pyridine rings is 1. The maximum Gasteiger partial charge on any atom is 0.252 e. The van der Waals surface area contributed by atoms with Crippen LogP contribution in [0.15, 0.2) is 42.6 Å². The van der Waals surface area contributed by atoms with Crippen molar-refractivity contribution in [2.75, 3.05) is 20.3 Å². The second-order valence-corrected chi connectivity index (χ2v) is 4.47. The third-order valence-corrected chi connectivity index (χ3v) is 2.89. The Morgan fingerprint density at radius 2 is 1.86 bits per heavy atom. The molecule has 5 heteroatoms. The number of carbonyl (C=O) groups is 1. The van der Waals surface area contributed by atoms with Crippen LogP contribution < -0.4 is 14.8 Å². The second kappa shape index (κ2) is 7.28. The summed E-state index contributed by atoms with van der Waals surface area (Å²) in [6.45, 7) is 2.71. The highest BCUT2D eigenvalue weighted by atomic mass is 16.5. The summed E-state index contributed by atoms with van der Waals surface area (Å²) in [7, 11) is 1.62. The van der Waals surface area contributed by atoms with Gasteiger partial charge in [0.2, 0.25) is 0 Å². The molecule has 0 fully saturated rings. The van der Waals surface area contributed by atoms with Crippen molar-refractivity contribution < 1.29 is 14.3 Å². The molecule has 0 aliphatic carbocycles. The molecule has 0 atom stereocenters. The Kier molecular flexibility index (Phi) is 5.15. The molecule has 21 heavy (non-hydrogen) atoms. The minimum Gasteiger partial charge on any atom is -0.497 e. The summed E-state index contributed by atoms with van der Waals surface area (Å²) in [5.41, 5.74) is 1.43. The maximum atomic E-state index is 11.8. The van der Waals surface area contributed by atoms with Gasteiger partial charge in [0, 0.05) is 11.9 Å². The van der Waals surface area contributed by atoms with Crippen LogP contribution in [0.25, 0.3) is 0 Å². The molecule has 1 aromatic carbocycles. The molecule has 1 heterocycles. The molecule has 0 bridgehead atoms. The van der Waals surface area contributed by atoms with E-state index < -0.39 is 0 Å². The summed E-state index contributed by atoms with van der Waals surface area (Å²) in [5, 5.41) is 2.78. The molecule has 0 saturated carbocycles. The van der Waals surface area contributed by atoms with Gasteiger partial charge in [0.25, 0.3) is 5.91 Å². The Balaban J connectivity index is 1.73. The summed E-state index contributed by atoms with van der Waals surface area (Å²) < 4.78 is 10.6. The molecule has 2 aromatic rings. The molecule has 0 aliphatic heterocycles. The van der Waals surface area contributed by atoms with Crippen LogP contribution in [-0.4, -0.2) is 31.2 Å². The van der Waals surface area contributed by atoms with Crippen LogP contribution in [-0.2, 0) is 0 Å². The first-order valence-corrected chi connectivity index (χ1v) is 6.67. The quantitative estimate of drug-likeness (QED) is 0.827. The third kappa shape index (κ3) is 4.49. The van der Waals surface area contributed by atoms with Crippen LogP contribution in [0.5, 0.6) is 11.5 Å². The van der Waals surface area contributed by atoms with Crippen LogP contribution in [0.1, 0.15) is 16.1 Å². The fourth-order valence-corrected chi connectivity index (χ4v) is 1.71. The van der Waals surface area contributed by atoms with Crippen LogP contribution in [0.3, 0.4) is 0 Å². The Labute approximate surface area is 123 Å². The average molecular weight is 286 g/mol. The van der Waals surface area contributed by atoms with Gasteiger partial charge < -0.3 is 14.8 Å². The lowest BCUT2D eigenvalue weighted by Crippen LogP contribution is -2.28. The molecule has 0 spiro atoms. The fraction of sp³-hybridized carbons (Fsp3) is 0.250. The Bertz CT molecular complexity index is 579. The van der Waals surface area contributed by atoms with Crippen molar-refractivity contribution in [2.45, 2.75) is 6.92 Å². The number of aromatic nitrogens is 1. The summed E-state index contributed by atoms with van der Waals surface area (Å²) in [5.74, 6) is 1.37. The number of carbonyl (C=O) groups excluding carboxylic acids is 1. The summed E-state index contributed by atoms with van der Waals surface area (Å²) >= 11 is 0. The second-order valence-electron chi connectivity index (χ2n) is 4.47. The van der Waals surface area contributed by atoms with E-state index in [0.717, 1.165) is 17.2 Å². The van der Waals surface area contributed by atoms with Gasteiger partial charge in [-0.3, -0.25) is 9.78 Å². The van der Waals surface area contributed by atoms with Crippen LogP contribution in [0.2, 0.25) is 0 Å². The summed E-state index contributed by atoms with van der Waals surface area (Å²) in [6, 6.07) is 10.9. The molecule has 2 rings (SSSR count). The number of methoxy groups -OCH3 is 1. The monoisotopic (exact) mass is 286 g/mol. The molecule has 0 unspecified atom stereocenters. The molecule has 1 aromatic heterocycles. The van der Waals surface area contributed by atoms with E-state index >= 15 is 0 Å². The number of rotatable bonds is 6. The van der Waals surface area contributed by atoms with Gasteiger partial charge in [-0.2, -0.15) is 0 Å². The van der Waals surface area contributed by atoms with Crippen molar-refractivity contribution in [3.63, 3.8) is 0 Å². The highest BCUT2D eigenvalue weighted by molar-refractivity contribution is 5.93. The smallest absolute Gasteiger partial charge is 0.252 e. The van der Waals surface area contributed by atoms with E-state index in [2.05, 4.69) is 10.3 Å². The molecule has 1 amide bonds. The van der Waals surface area contributed by atoms with Crippen molar-refractivity contribution in [1.29, 1.82) is 0 Å². The first-order chi connectivity index (χ1) is 10.2. The van der Waals surface area contributed by atoms with Crippen molar-refractivity contribution >= 4 is 5.91 Å².